The molecule has 0 aliphatic carbocycles. The quantitative estimate of drug-likeness (QED) is 0.507. The van der Waals surface area contributed by atoms with E-state index < -0.39 is 11.7 Å². The summed E-state index contributed by atoms with van der Waals surface area (Å²) in [5, 5.41) is 0. The van der Waals surface area contributed by atoms with E-state index in [-0.39, 0.29) is 5.92 Å². The molecule has 2 aromatic carbocycles. The zero-order chi connectivity index (χ0) is 21.8. The first-order chi connectivity index (χ1) is 15.0. The van der Waals surface area contributed by atoms with Gasteiger partial charge in [0.1, 0.15) is 5.82 Å². The fourth-order valence-electron chi connectivity index (χ4n) is 4.36. The number of halogens is 3. The first kappa shape index (κ1) is 21.8. The second-order valence-corrected chi connectivity index (χ2v) is 8.00. The summed E-state index contributed by atoms with van der Waals surface area (Å²) in [7, 11) is 0. The minimum atomic E-state index is -4.38. The van der Waals surface area contributed by atoms with Crippen molar-refractivity contribution in [2.45, 2.75) is 38.4 Å². The maximum absolute atomic E-state index is 13.3. The molecule has 166 valence electrons. The van der Waals surface area contributed by atoms with E-state index in [2.05, 4.69) is 28.5 Å². The number of hydrogen-bond donors (Lipinski definition) is 0. The fraction of sp³-hybridized carbons (Fsp3) is 0.458. The van der Waals surface area contributed by atoms with Crippen LogP contribution in [-0.4, -0.2) is 47.3 Å². The normalized spacial score (nSPS) is 16.6. The highest BCUT2D eigenvalue weighted by atomic mass is 19.4. The Kier molecular flexibility index (Phi) is 6.62. The summed E-state index contributed by atoms with van der Waals surface area (Å²) in [6.07, 6.45) is -2.65. The summed E-state index contributed by atoms with van der Waals surface area (Å²) in [6, 6.07) is 14.0. The largest absolute Gasteiger partial charge is 0.416 e. The van der Waals surface area contributed by atoms with Gasteiger partial charge >= 0.3 is 6.18 Å². The number of fused-ring (bicyclic) bond motifs is 1. The Morgan fingerprint density at radius 2 is 1.77 bits per heavy atom. The summed E-state index contributed by atoms with van der Waals surface area (Å²) in [6.45, 7) is 7.11. The molecule has 0 saturated carbocycles. The molecular formula is C24H28F3N3O. The standard InChI is InChI=1S/C24H28F3N3O/c1-2-20(18-7-4-3-5-8-18)23-28-21-17-19(24(25,26)27)9-10-22(21)30(23)12-6-11-29-13-15-31-16-14-29/h3-5,7-10,17,20H,2,6,11-16H2,1H3. The van der Waals surface area contributed by atoms with Gasteiger partial charge in [0.15, 0.2) is 0 Å². The average Bonchev–Trinajstić information content (AvgIpc) is 3.13. The van der Waals surface area contributed by atoms with Gasteiger partial charge in [-0.25, -0.2) is 4.98 Å². The van der Waals surface area contributed by atoms with E-state index in [0.29, 0.717) is 5.52 Å². The van der Waals surface area contributed by atoms with E-state index in [4.69, 9.17) is 9.72 Å². The van der Waals surface area contributed by atoms with Gasteiger partial charge in [0.25, 0.3) is 0 Å². The van der Waals surface area contributed by atoms with Crippen molar-refractivity contribution >= 4 is 11.0 Å². The Hall–Kier alpha value is -2.38. The summed E-state index contributed by atoms with van der Waals surface area (Å²) >= 11 is 0. The van der Waals surface area contributed by atoms with Crippen LogP contribution in [0.15, 0.2) is 48.5 Å². The minimum absolute atomic E-state index is 0.0336. The predicted molar refractivity (Wildman–Crippen MR) is 115 cm³/mol. The number of aromatic nitrogens is 2. The molecule has 1 aliphatic rings. The lowest BCUT2D eigenvalue weighted by Crippen LogP contribution is -2.37. The molecule has 0 N–H and O–H groups in total. The molecule has 1 saturated heterocycles. The molecule has 0 amide bonds. The van der Waals surface area contributed by atoms with Crippen molar-refractivity contribution in [1.29, 1.82) is 0 Å². The zero-order valence-electron chi connectivity index (χ0n) is 17.7. The lowest BCUT2D eigenvalue weighted by Gasteiger charge is -2.26. The monoisotopic (exact) mass is 431 g/mol. The third kappa shape index (κ3) is 4.93. The van der Waals surface area contributed by atoms with Crippen molar-refractivity contribution in [3.63, 3.8) is 0 Å². The van der Waals surface area contributed by atoms with Gasteiger partial charge in [-0.2, -0.15) is 13.2 Å². The van der Waals surface area contributed by atoms with Gasteiger partial charge in [0.2, 0.25) is 0 Å². The van der Waals surface area contributed by atoms with Crippen LogP contribution in [0.3, 0.4) is 0 Å². The summed E-state index contributed by atoms with van der Waals surface area (Å²) in [5.74, 6) is 0.872. The highest BCUT2D eigenvalue weighted by Crippen LogP contribution is 2.34. The van der Waals surface area contributed by atoms with Crippen molar-refractivity contribution in [2.75, 3.05) is 32.8 Å². The maximum atomic E-state index is 13.3. The number of ether oxygens (including phenoxy) is 1. The molecule has 1 atom stereocenters. The number of rotatable bonds is 7. The molecule has 1 unspecified atom stereocenters. The Morgan fingerprint density at radius 1 is 1.03 bits per heavy atom. The van der Waals surface area contributed by atoms with Crippen molar-refractivity contribution < 1.29 is 17.9 Å². The minimum Gasteiger partial charge on any atom is -0.379 e. The molecule has 0 spiro atoms. The molecule has 0 bridgehead atoms. The van der Waals surface area contributed by atoms with Crippen LogP contribution >= 0.6 is 0 Å². The zero-order valence-corrected chi connectivity index (χ0v) is 17.7. The second kappa shape index (κ2) is 9.40. The molecule has 7 heteroatoms. The van der Waals surface area contributed by atoms with Gasteiger partial charge in [-0.05, 0) is 36.6 Å². The SMILES string of the molecule is CCC(c1ccccc1)c1nc2cc(C(F)(F)F)ccc2n1CCCN1CCOCC1. The molecular weight excluding hydrogens is 403 g/mol. The Balaban J connectivity index is 1.68. The first-order valence-corrected chi connectivity index (χ1v) is 10.9. The van der Waals surface area contributed by atoms with Gasteiger partial charge in [-0.1, -0.05) is 37.3 Å². The Bertz CT molecular complexity index is 994. The molecule has 4 nitrogen and oxygen atoms in total. The molecule has 1 fully saturated rings. The van der Waals surface area contributed by atoms with E-state index in [1.807, 2.05) is 18.2 Å². The number of morpholine rings is 1. The average molecular weight is 432 g/mol. The smallest absolute Gasteiger partial charge is 0.379 e. The van der Waals surface area contributed by atoms with Gasteiger partial charge in [-0.3, -0.25) is 4.90 Å². The van der Waals surface area contributed by atoms with Gasteiger partial charge in [0, 0.05) is 32.1 Å². The van der Waals surface area contributed by atoms with Crippen molar-refractivity contribution in [3.8, 4) is 0 Å². The van der Waals surface area contributed by atoms with Crippen molar-refractivity contribution in [2.24, 2.45) is 0 Å². The van der Waals surface area contributed by atoms with E-state index in [1.165, 1.54) is 6.07 Å². The van der Waals surface area contributed by atoms with Crippen LogP contribution in [0.4, 0.5) is 13.2 Å². The summed E-state index contributed by atoms with van der Waals surface area (Å²) in [4.78, 5) is 7.10. The van der Waals surface area contributed by atoms with E-state index >= 15 is 0 Å². The van der Waals surface area contributed by atoms with Crippen LogP contribution in [0.5, 0.6) is 0 Å². The number of alkyl halides is 3. The highest BCUT2D eigenvalue weighted by molar-refractivity contribution is 5.77. The van der Waals surface area contributed by atoms with Gasteiger partial charge in [-0.15, -0.1) is 0 Å². The Morgan fingerprint density at radius 3 is 2.45 bits per heavy atom. The van der Waals surface area contributed by atoms with Crippen LogP contribution in [0, 0.1) is 0 Å². The van der Waals surface area contributed by atoms with Gasteiger partial charge in [0.05, 0.1) is 29.8 Å². The molecule has 2 heterocycles. The molecule has 4 rings (SSSR count). The lowest BCUT2D eigenvalue weighted by atomic mass is 9.95. The van der Waals surface area contributed by atoms with Crippen LogP contribution in [0.2, 0.25) is 0 Å². The Labute approximate surface area is 180 Å². The molecule has 1 aromatic heterocycles. The van der Waals surface area contributed by atoms with Crippen molar-refractivity contribution in [3.05, 3.63) is 65.5 Å². The van der Waals surface area contributed by atoms with Crippen LogP contribution in [-0.2, 0) is 17.5 Å². The molecule has 1 aliphatic heterocycles. The van der Waals surface area contributed by atoms with Crippen LogP contribution in [0.25, 0.3) is 11.0 Å². The summed E-state index contributed by atoms with van der Waals surface area (Å²) in [5.41, 5.74) is 1.65. The van der Waals surface area contributed by atoms with Crippen LogP contribution < -0.4 is 0 Å². The topological polar surface area (TPSA) is 30.3 Å². The third-order valence-electron chi connectivity index (χ3n) is 5.99. The predicted octanol–water partition coefficient (Wildman–Crippen LogP) is 5.32. The first-order valence-electron chi connectivity index (χ1n) is 10.9. The van der Waals surface area contributed by atoms with E-state index in [1.54, 1.807) is 6.07 Å². The fourth-order valence-corrected chi connectivity index (χ4v) is 4.36. The number of benzene rings is 2. The summed E-state index contributed by atoms with van der Waals surface area (Å²) < 4.78 is 47.3. The molecule has 0 radical (unpaired) electrons. The number of aryl methyl sites for hydroxylation is 1. The lowest BCUT2D eigenvalue weighted by molar-refractivity contribution is -0.137. The van der Waals surface area contributed by atoms with Crippen LogP contribution in [0.1, 0.15) is 42.6 Å². The molecule has 31 heavy (non-hydrogen) atoms. The number of nitrogens with zero attached hydrogens (tertiary/aromatic N) is 3. The third-order valence-corrected chi connectivity index (χ3v) is 5.99. The number of hydrogen-bond acceptors (Lipinski definition) is 3. The van der Waals surface area contributed by atoms with Gasteiger partial charge < -0.3 is 9.30 Å². The number of imidazole rings is 1. The maximum Gasteiger partial charge on any atom is 0.416 e. The highest BCUT2D eigenvalue weighted by Gasteiger charge is 2.31. The second-order valence-electron chi connectivity index (χ2n) is 8.00. The van der Waals surface area contributed by atoms with Crippen molar-refractivity contribution in [1.82, 2.24) is 14.5 Å². The van der Waals surface area contributed by atoms with E-state index in [9.17, 15) is 13.2 Å². The molecule has 3 aromatic rings. The van der Waals surface area contributed by atoms with E-state index in [0.717, 1.165) is 75.2 Å².